The highest BCUT2D eigenvalue weighted by Gasteiger charge is 2.41. The molecule has 41 heavy (non-hydrogen) atoms. The van der Waals surface area contributed by atoms with Gasteiger partial charge in [0.15, 0.2) is 12.2 Å². The van der Waals surface area contributed by atoms with Crippen molar-refractivity contribution in [2.45, 2.75) is 161 Å². The van der Waals surface area contributed by atoms with Crippen molar-refractivity contribution in [2.24, 2.45) is 0 Å². The van der Waals surface area contributed by atoms with Gasteiger partial charge in [0.25, 0.3) is 0 Å². The van der Waals surface area contributed by atoms with Gasteiger partial charge in [0.05, 0.1) is 39.5 Å². The minimum absolute atomic E-state index is 0.184. The molecule has 0 aromatic heterocycles. The van der Waals surface area contributed by atoms with Gasteiger partial charge in [-0.3, -0.25) is 9.59 Å². The normalized spacial score (nSPS) is 22.1. The molecule has 3 atom stereocenters. The van der Waals surface area contributed by atoms with Crippen LogP contribution in [0.3, 0.4) is 0 Å². The Hall–Kier alpha value is -1.18. The van der Waals surface area contributed by atoms with Gasteiger partial charge in [-0.2, -0.15) is 0 Å². The average molecular weight is 583 g/mol. The van der Waals surface area contributed by atoms with Crippen molar-refractivity contribution >= 4 is 11.9 Å². The Balaban J connectivity index is 1.50. The van der Waals surface area contributed by atoms with E-state index in [1.54, 1.807) is 0 Å². The lowest BCUT2D eigenvalue weighted by molar-refractivity contribution is -0.917. The maximum Gasteiger partial charge on any atom is 0.306 e. The largest absolute Gasteiger partial charge is 0.456 e. The zero-order chi connectivity index (χ0) is 29.6. The van der Waals surface area contributed by atoms with Crippen molar-refractivity contribution < 1.29 is 33.0 Å². The van der Waals surface area contributed by atoms with Gasteiger partial charge in [-0.25, -0.2) is 0 Å². The summed E-state index contributed by atoms with van der Waals surface area (Å²) in [5.41, 5.74) is 0. The van der Waals surface area contributed by atoms with Crippen LogP contribution in [0.15, 0.2) is 0 Å². The van der Waals surface area contributed by atoms with Gasteiger partial charge in [0.1, 0.15) is 13.1 Å². The van der Waals surface area contributed by atoms with Crippen molar-refractivity contribution in [1.82, 2.24) is 0 Å². The first-order valence-corrected chi connectivity index (χ1v) is 17.3. The summed E-state index contributed by atoms with van der Waals surface area (Å²) in [6.07, 6.45) is 23.0. The molecular weight excluding hydrogens is 518 g/mol. The molecule has 0 unspecified atom stereocenters. The van der Waals surface area contributed by atoms with Crippen LogP contribution in [-0.4, -0.2) is 81.2 Å². The second kappa shape index (κ2) is 22.4. The first-order chi connectivity index (χ1) is 19.9. The molecule has 0 aromatic rings. The highest BCUT2D eigenvalue weighted by molar-refractivity contribution is 5.70. The zero-order valence-corrected chi connectivity index (χ0v) is 27.0. The second-order valence-electron chi connectivity index (χ2n) is 12.9. The fourth-order valence-corrected chi connectivity index (χ4v) is 6.23. The summed E-state index contributed by atoms with van der Waals surface area (Å²) in [4.78, 5) is 24.3. The van der Waals surface area contributed by atoms with E-state index < -0.39 is 12.2 Å². The average Bonchev–Trinajstić information content (AvgIpc) is 3.30. The lowest BCUT2D eigenvalue weighted by atomic mass is 10.0. The number of likely N-dealkylation sites (N-methyl/N-ethyl adjacent to an activating group) is 1. The van der Waals surface area contributed by atoms with Crippen LogP contribution in [0.5, 0.6) is 0 Å². The molecule has 0 bridgehead atoms. The summed E-state index contributed by atoms with van der Waals surface area (Å²) >= 11 is 0. The molecule has 2 saturated heterocycles. The molecule has 0 spiro atoms. The fraction of sp³-hybridized carbons (Fsp3) is 0.941. The summed E-state index contributed by atoms with van der Waals surface area (Å²) in [5, 5.41) is 0. The first-order valence-electron chi connectivity index (χ1n) is 17.3. The van der Waals surface area contributed by atoms with Gasteiger partial charge >= 0.3 is 11.9 Å². The third-order valence-corrected chi connectivity index (χ3v) is 9.01. The summed E-state index contributed by atoms with van der Waals surface area (Å²) in [6, 6.07) is 0. The van der Waals surface area contributed by atoms with E-state index in [2.05, 4.69) is 14.0 Å². The monoisotopic (exact) mass is 582 g/mol. The van der Waals surface area contributed by atoms with E-state index in [1.165, 1.54) is 96.8 Å². The minimum atomic E-state index is -0.495. The van der Waals surface area contributed by atoms with Crippen molar-refractivity contribution in [3.8, 4) is 0 Å². The van der Waals surface area contributed by atoms with Crippen LogP contribution in [0.4, 0.5) is 0 Å². The molecule has 0 aromatic carbocycles. The van der Waals surface area contributed by atoms with Crippen molar-refractivity contribution in [1.29, 1.82) is 0 Å². The molecule has 240 valence electrons. The third-order valence-electron chi connectivity index (χ3n) is 9.01. The van der Waals surface area contributed by atoms with Gasteiger partial charge in [0.2, 0.25) is 0 Å². The Labute approximate surface area is 252 Å². The van der Waals surface area contributed by atoms with Crippen LogP contribution in [0.1, 0.15) is 142 Å². The fourth-order valence-electron chi connectivity index (χ4n) is 6.23. The molecule has 0 aliphatic carbocycles. The van der Waals surface area contributed by atoms with E-state index in [0.717, 1.165) is 69.4 Å². The minimum Gasteiger partial charge on any atom is -0.456 e. The molecule has 0 amide bonds. The molecule has 7 heteroatoms. The van der Waals surface area contributed by atoms with Gasteiger partial charge < -0.3 is 23.4 Å². The standard InChI is InChI=1S/C34H64NO6/c1-4-5-6-7-8-9-10-11-12-13-14-15-16-17-19-22-31-34(40-30(2)36)32(29-39-31)41-33(37)23-20-18-21-24-35(3)25-27-38-28-26-35/h31-32,34H,4-29H2,1-3H3/q+1/t31-,32-,34-/m1/s1. The highest BCUT2D eigenvalue weighted by atomic mass is 16.6. The van der Waals surface area contributed by atoms with Crippen LogP contribution >= 0.6 is 0 Å². The van der Waals surface area contributed by atoms with Crippen LogP contribution in [0.25, 0.3) is 0 Å². The van der Waals surface area contributed by atoms with Gasteiger partial charge in [0, 0.05) is 13.3 Å². The van der Waals surface area contributed by atoms with Crippen molar-refractivity contribution in [2.75, 3.05) is 46.5 Å². The van der Waals surface area contributed by atoms with Crippen molar-refractivity contribution in [3.05, 3.63) is 0 Å². The van der Waals surface area contributed by atoms with E-state index >= 15 is 0 Å². The first kappa shape index (κ1) is 36.0. The predicted octanol–water partition coefficient (Wildman–Crippen LogP) is 7.53. The number of hydrogen-bond acceptors (Lipinski definition) is 6. The zero-order valence-electron chi connectivity index (χ0n) is 27.0. The number of nitrogens with zero attached hydrogens (tertiary/aromatic N) is 1. The van der Waals surface area contributed by atoms with E-state index in [0.29, 0.717) is 13.0 Å². The maximum atomic E-state index is 12.5. The second-order valence-corrected chi connectivity index (χ2v) is 12.9. The number of hydrogen-bond donors (Lipinski definition) is 0. The number of carbonyl (C=O) groups is 2. The molecule has 7 nitrogen and oxygen atoms in total. The van der Waals surface area contributed by atoms with Crippen LogP contribution < -0.4 is 0 Å². The number of ether oxygens (including phenoxy) is 4. The summed E-state index contributed by atoms with van der Waals surface area (Å²) in [5.74, 6) is -0.557. The van der Waals surface area contributed by atoms with Gasteiger partial charge in [-0.15, -0.1) is 0 Å². The molecule has 0 saturated carbocycles. The molecule has 0 radical (unpaired) electrons. The number of esters is 2. The lowest BCUT2D eigenvalue weighted by Gasteiger charge is -2.37. The van der Waals surface area contributed by atoms with Crippen LogP contribution in [-0.2, 0) is 28.5 Å². The molecular formula is C34H64NO6+. The summed E-state index contributed by atoms with van der Waals surface area (Å²) in [6.45, 7) is 8.96. The predicted molar refractivity (Wildman–Crippen MR) is 165 cm³/mol. The van der Waals surface area contributed by atoms with E-state index in [-0.39, 0.29) is 18.0 Å². The molecule has 2 aliphatic rings. The van der Waals surface area contributed by atoms with Gasteiger partial charge in [-0.05, 0) is 25.7 Å². The molecule has 2 rings (SSSR count). The number of unbranched alkanes of at least 4 members (excludes halogenated alkanes) is 16. The topological polar surface area (TPSA) is 71.1 Å². The molecule has 2 heterocycles. The molecule has 2 fully saturated rings. The van der Waals surface area contributed by atoms with Crippen LogP contribution in [0, 0.1) is 0 Å². The Morgan fingerprint density at radius 2 is 1.27 bits per heavy atom. The quantitative estimate of drug-likeness (QED) is 0.0666. The Morgan fingerprint density at radius 1 is 0.732 bits per heavy atom. The Kier molecular flexibility index (Phi) is 19.7. The molecule has 2 aliphatic heterocycles. The third kappa shape index (κ3) is 16.9. The number of quaternary nitrogens is 1. The van der Waals surface area contributed by atoms with Crippen molar-refractivity contribution in [3.63, 3.8) is 0 Å². The SMILES string of the molecule is CCCCCCCCCCCCCCCCC[C@H]1OC[C@@H](OC(=O)CCCCC[N+]2(C)CCOCC2)[C@@H]1OC(C)=O. The Bertz CT molecular complexity index is 680. The number of morpholine rings is 1. The maximum absolute atomic E-state index is 12.5. The lowest BCUT2D eigenvalue weighted by Crippen LogP contribution is -2.52. The number of rotatable bonds is 24. The van der Waals surface area contributed by atoms with E-state index in [1.807, 2.05) is 0 Å². The summed E-state index contributed by atoms with van der Waals surface area (Å²) in [7, 11) is 2.29. The highest BCUT2D eigenvalue weighted by Crippen LogP contribution is 2.26. The summed E-state index contributed by atoms with van der Waals surface area (Å²) < 4.78 is 23.8. The van der Waals surface area contributed by atoms with E-state index in [4.69, 9.17) is 18.9 Å². The smallest absolute Gasteiger partial charge is 0.306 e. The molecule has 0 N–H and O–H groups in total. The number of carbonyl (C=O) groups excluding carboxylic acids is 2. The van der Waals surface area contributed by atoms with Crippen LogP contribution in [0.2, 0.25) is 0 Å². The van der Waals surface area contributed by atoms with Gasteiger partial charge in [-0.1, -0.05) is 103 Å². The Morgan fingerprint density at radius 3 is 1.83 bits per heavy atom. The van der Waals surface area contributed by atoms with E-state index in [9.17, 15) is 9.59 Å².